The average Bonchev–Trinajstić information content (AvgIpc) is 3.14. The predicted molar refractivity (Wildman–Crippen MR) is 177 cm³/mol. The number of hydrogen-bond donors (Lipinski definition) is 1. The molecule has 0 unspecified atom stereocenters. The van der Waals surface area contributed by atoms with Crippen molar-refractivity contribution in [2.24, 2.45) is 28.6 Å². The van der Waals surface area contributed by atoms with E-state index in [9.17, 15) is 9.90 Å². The molecule has 0 aromatic heterocycles. The lowest BCUT2D eigenvalue weighted by molar-refractivity contribution is -0.166. The lowest BCUT2D eigenvalue weighted by Crippen LogP contribution is -2.61. The Labute approximate surface area is 260 Å². The van der Waals surface area contributed by atoms with Crippen LogP contribution < -0.4 is 0 Å². The first-order valence-electron chi connectivity index (χ1n) is 17.0. The minimum Gasteiger partial charge on any atom is -0.466 e. The zero-order chi connectivity index (χ0) is 31.7. The second-order valence-electron chi connectivity index (χ2n) is 18.0. The van der Waals surface area contributed by atoms with Crippen molar-refractivity contribution in [2.45, 2.75) is 168 Å². The molecule has 4 aliphatic rings. The topological polar surface area (TPSA) is 65.0 Å². The van der Waals surface area contributed by atoms with Crippen molar-refractivity contribution in [1.82, 2.24) is 0 Å². The maximum atomic E-state index is 13.1. The van der Waals surface area contributed by atoms with Crippen molar-refractivity contribution in [1.29, 1.82) is 0 Å². The summed E-state index contributed by atoms with van der Waals surface area (Å²) >= 11 is 0. The zero-order valence-electron chi connectivity index (χ0n) is 29.4. The number of carbonyl (C=O) groups excluding carboxylic acids is 1. The van der Waals surface area contributed by atoms with Gasteiger partial charge in [0.1, 0.15) is 0 Å². The van der Waals surface area contributed by atoms with Crippen molar-refractivity contribution < 1.29 is 23.5 Å². The molecule has 242 valence electrons. The maximum absolute atomic E-state index is 13.1. The summed E-state index contributed by atoms with van der Waals surface area (Å²) in [5, 5.41) is 13.0. The summed E-state index contributed by atoms with van der Waals surface area (Å²) in [5.74, 6) is 0.403. The van der Waals surface area contributed by atoms with Crippen LogP contribution in [0.1, 0.15) is 114 Å². The summed E-state index contributed by atoms with van der Waals surface area (Å²) in [7, 11) is -3.88. The van der Waals surface area contributed by atoms with Crippen LogP contribution in [0.3, 0.4) is 0 Å². The molecule has 4 rings (SSSR count). The van der Waals surface area contributed by atoms with Crippen molar-refractivity contribution >= 4 is 22.6 Å². The lowest BCUT2D eigenvalue weighted by atomic mass is 9.44. The normalized spacial score (nSPS) is 39.2. The Bertz CT molecular complexity index is 1050. The van der Waals surface area contributed by atoms with E-state index in [-0.39, 0.29) is 51.4 Å². The number of hydrogen-bond acceptors (Lipinski definition) is 5. The predicted octanol–water partition coefficient (Wildman–Crippen LogP) is 9.02. The van der Waals surface area contributed by atoms with Crippen LogP contribution in [-0.2, 0) is 18.4 Å². The summed E-state index contributed by atoms with van der Waals surface area (Å²) in [6.07, 6.45) is 9.88. The number of fused-ring (bicyclic) bond motifs is 5. The molecular formula is C35H64O5Si2. The summed E-state index contributed by atoms with van der Waals surface area (Å²) in [6.45, 7) is 30.4. The first-order valence-corrected chi connectivity index (χ1v) is 22.8. The van der Waals surface area contributed by atoms with Gasteiger partial charge in [0.25, 0.3) is 0 Å². The monoisotopic (exact) mass is 620 g/mol. The third kappa shape index (κ3) is 5.92. The van der Waals surface area contributed by atoms with E-state index in [4.69, 9.17) is 13.6 Å². The maximum Gasteiger partial charge on any atom is 0.309 e. The molecule has 0 aliphatic heterocycles. The lowest BCUT2D eigenvalue weighted by Gasteiger charge is -2.62. The van der Waals surface area contributed by atoms with Gasteiger partial charge in [-0.05, 0) is 117 Å². The second kappa shape index (κ2) is 11.1. The molecule has 1 N–H and O–H groups in total. The van der Waals surface area contributed by atoms with Gasteiger partial charge in [-0.25, -0.2) is 0 Å². The van der Waals surface area contributed by atoms with Gasteiger partial charge in [0.15, 0.2) is 16.6 Å². The molecule has 0 bridgehead atoms. The molecule has 0 amide bonds. The molecule has 42 heavy (non-hydrogen) atoms. The van der Waals surface area contributed by atoms with E-state index in [1.54, 1.807) is 0 Å². The molecule has 0 spiro atoms. The highest BCUT2D eigenvalue weighted by molar-refractivity contribution is 6.74. The largest absolute Gasteiger partial charge is 0.466 e. The van der Waals surface area contributed by atoms with Crippen molar-refractivity contribution in [2.75, 3.05) is 6.61 Å². The first-order chi connectivity index (χ1) is 19.0. The third-order valence-electron chi connectivity index (χ3n) is 13.4. The van der Waals surface area contributed by atoms with Gasteiger partial charge in [-0.2, -0.15) is 0 Å². The molecule has 3 saturated carbocycles. The van der Waals surface area contributed by atoms with Crippen LogP contribution in [0.5, 0.6) is 0 Å². The molecule has 0 aromatic carbocycles. The van der Waals surface area contributed by atoms with E-state index in [2.05, 4.69) is 87.7 Å². The van der Waals surface area contributed by atoms with E-state index in [0.29, 0.717) is 18.4 Å². The van der Waals surface area contributed by atoms with Crippen LogP contribution in [-0.4, -0.2) is 52.1 Å². The molecule has 0 aromatic rings. The van der Waals surface area contributed by atoms with Gasteiger partial charge in [-0.3, -0.25) is 4.79 Å². The fourth-order valence-corrected chi connectivity index (χ4v) is 11.6. The Morgan fingerprint density at radius 1 is 0.905 bits per heavy atom. The SMILES string of the molecule is CCOC(=O)C[C@@]1(O)C=C2C[C@@H](O[Si](C)(C)C(C)(C)C)CC[C@]2(C)[C@H]2CC[C@]3(C)[C@@H](O[Si](C)(C)C(C)(C)C)CC[C@H]3[C@@H]21. The minimum absolute atomic E-state index is 0.00365. The van der Waals surface area contributed by atoms with Crippen LogP contribution in [0.4, 0.5) is 0 Å². The Kier molecular flexibility index (Phi) is 9.09. The quantitative estimate of drug-likeness (QED) is 0.175. The van der Waals surface area contributed by atoms with Gasteiger partial charge >= 0.3 is 5.97 Å². The van der Waals surface area contributed by atoms with E-state index < -0.39 is 22.2 Å². The number of rotatable bonds is 7. The summed E-state index contributed by atoms with van der Waals surface area (Å²) in [5.41, 5.74) is 0.145. The summed E-state index contributed by atoms with van der Waals surface area (Å²) in [4.78, 5) is 13.1. The molecule has 8 atom stereocenters. The van der Waals surface area contributed by atoms with Crippen LogP contribution >= 0.6 is 0 Å². The summed E-state index contributed by atoms with van der Waals surface area (Å²) in [6, 6.07) is 0. The smallest absolute Gasteiger partial charge is 0.309 e. The van der Waals surface area contributed by atoms with Crippen LogP contribution in [0.15, 0.2) is 11.6 Å². The van der Waals surface area contributed by atoms with E-state index in [1.165, 1.54) is 5.57 Å². The number of carbonyl (C=O) groups is 1. The molecule has 7 heteroatoms. The van der Waals surface area contributed by atoms with Crippen LogP contribution in [0.2, 0.25) is 36.3 Å². The van der Waals surface area contributed by atoms with E-state index >= 15 is 0 Å². The fourth-order valence-electron chi connectivity index (χ4n) is 8.78. The van der Waals surface area contributed by atoms with Gasteiger partial charge in [0.05, 0.1) is 24.7 Å². The van der Waals surface area contributed by atoms with E-state index in [1.807, 2.05) is 6.92 Å². The second-order valence-corrected chi connectivity index (χ2v) is 27.5. The Morgan fingerprint density at radius 3 is 2.07 bits per heavy atom. The van der Waals surface area contributed by atoms with Gasteiger partial charge < -0.3 is 18.7 Å². The Morgan fingerprint density at radius 2 is 1.50 bits per heavy atom. The molecule has 0 saturated heterocycles. The van der Waals surface area contributed by atoms with Crippen LogP contribution in [0.25, 0.3) is 0 Å². The average molecular weight is 621 g/mol. The molecule has 0 radical (unpaired) electrons. The van der Waals surface area contributed by atoms with Gasteiger partial charge in [-0.1, -0.05) is 67.0 Å². The Hall–Kier alpha value is -0.476. The van der Waals surface area contributed by atoms with Crippen LogP contribution in [0, 0.1) is 28.6 Å². The van der Waals surface area contributed by atoms with Crippen molar-refractivity contribution in [3.8, 4) is 0 Å². The number of aliphatic hydroxyl groups is 1. The summed E-state index contributed by atoms with van der Waals surface area (Å²) < 4.78 is 19.6. The molecule has 5 nitrogen and oxygen atoms in total. The number of esters is 1. The minimum atomic E-state index is -1.95. The molecule has 0 heterocycles. The molecule has 3 fully saturated rings. The van der Waals surface area contributed by atoms with Gasteiger partial charge in [-0.15, -0.1) is 0 Å². The first kappa shape index (κ1) is 34.4. The zero-order valence-corrected chi connectivity index (χ0v) is 31.4. The van der Waals surface area contributed by atoms with Crippen molar-refractivity contribution in [3.63, 3.8) is 0 Å². The van der Waals surface area contributed by atoms with Crippen molar-refractivity contribution in [3.05, 3.63) is 11.6 Å². The Balaban J connectivity index is 1.71. The molecular weight excluding hydrogens is 557 g/mol. The standard InChI is InChI=1S/C35H64O5Si2/c1-14-38-29(36)23-35(37)22-24-21-25(39-41(10,11)31(2,3)4)17-19-33(24,8)27-18-20-34(9)26(30(27)35)15-16-28(34)40-42(12,13)32(5,6)7/h22,25-28,30,37H,14-21,23H2,1-13H3/t25-,26-,27-,28-,30-,33-,34-,35-/m0/s1. The molecule has 4 aliphatic carbocycles. The highest BCUT2D eigenvalue weighted by Crippen LogP contribution is 2.68. The third-order valence-corrected chi connectivity index (χ3v) is 22.4. The fraction of sp³-hybridized carbons (Fsp3) is 0.914. The van der Waals surface area contributed by atoms with Gasteiger partial charge in [0, 0.05) is 6.10 Å². The van der Waals surface area contributed by atoms with E-state index in [0.717, 1.165) is 44.9 Å². The number of ether oxygens (including phenoxy) is 1. The highest BCUT2D eigenvalue weighted by Gasteiger charge is 2.65. The highest BCUT2D eigenvalue weighted by atomic mass is 28.4. The van der Waals surface area contributed by atoms with Gasteiger partial charge in [0.2, 0.25) is 0 Å².